The van der Waals surface area contributed by atoms with Crippen LogP contribution in [0.2, 0.25) is 0 Å². The van der Waals surface area contributed by atoms with Crippen molar-refractivity contribution >= 4 is 5.71 Å². The summed E-state index contributed by atoms with van der Waals surface area (Å²) in [7, 11) is 0. The molecule has 5 heteroatoms. The van der Waals surface area contributed by atoms with Gasteiger partial charge in [0.05, 0.1) is 0 Å². The Morgan fingerprint density at radius 3 is 2.56 bits per heavy atom. The molecule has 0 spiro atoms. The summed E-state index contributed by atoms with van der Waals surface area (Å²) in [5.41, 5.74) is 0.222. The smallest absolute Gasteiger partial charge is 0.299 e. The van der Waals surface area contributed by atoms with Crippen LogP contribution in [0.3, 0.4) is 0 Å². The van der Waals surface area contributed by atoms with Gasteiger partial charge in [0, 0.05) is 10.5 Å². The van der Waals surface area contributed by atoms with E-state index < -0.39 is 11.6 Å². The zero-order valence-electron chi connectivity index (χ0n) is 9.08. The molecule has 0 saturated heterocycles. The minimum absolute atomic E-state index is 0.348. The number of nitrogens with zero attached hydrogens (tertiary/aromatic N) is 2. The number of rotatable bonds is 2. The van der Waals surface area contributed by atoms with Crippen LogP contribution in [-0.4, -0.2) is 22.3 Å². The van der Waals surface area contributed by atoms with Crippen LogP contribution in [0, 0.1) is 10.1 Å². The van der Waals surface area contributed by atoms with E-state index >= 15 is 0 Å². The molecule has 0 radical (unpaired) electrons. The number of nitro groups is 1. The van der Waals surface area contributed by atoms with E-state index in [4.69, 9.17) is 4.84 Å². The summed E-state index contributed by atoms with van der Waals surface area (Å²) >= 11 is 0. The third-order valence-electron chi connectivity index (χ3n) is 2.58. The fourth-order valence-electron chi connectivity index (χ4n) is 1.77. The molecule has 0 saturated carbocycles. The van der Waals surface area contributed by atoms with Crippen molar-refractivity contribution in [3.63, 3.8) is 0 Å². The van der Waals surface area contributed by atoms with Crippen molar-refractivity contribution in [3.05, 3.63) is 46.0 Å². The molecule has 0 aliphatic carbocycles. The summed E-state index contributed by atoms with van der Waals surface area (Å²) in [6.45, 7) is 3.33. The second-order valence-electron chi connectivity index (χ2n) is 4.23. The first-order valence-corrected chi connectivity index (χ1v) is 4.97. The maximum Gasteiger partial charge on any atom is 0.299 e. The molecule has 0 bridgehead atoms. The van der Waals surface area contributed by atoms with E-state index in [0.717, 1.165) is 5.56 Å². The Balaban J connectivity index is 2.40. The summed E-state index contributed by atoms with van der Waals surface area (Å²) in [4.78, 5) is 15.8. The molecular weight excluding hydrogens is 208 g/mol. The minimum atomic E-state index is -0.921. The van der Waals surface area contributed by atoms with Gasteiger partial charge in [0.1, 0.15) is 0 Å². The first-order valence-electron chi connectivity index (χ1n) is 4.97. The van der Waals surface area contributed by atoms with Crippen LogP contribution >= 0.6 is 0 Å². The highest BCUT2D eigenvalue weighted by Crippen LogP contribution is 2.28. The predicted octanol–water partition coefficient (Wildman–Crippen LogP) is 1.84. The van der Waals surface area contributed by atoms with Crippen molar-refractivity contribution in [3.8, 4) is 0 Å². The van der Waals surface area contributed by atoms with Gasteiger partial charge in [0.15, 0.2) is 5.71 Å². The minimum Gasteiger partial charge on any atom is -0.381 e. The molecule has 1 unspecified atom stereocenters. The lowest BCUT2D eigenvalue weighted by Gasteiger charge is -2.17. The van der Waals surface area contributed by atoms with E-state index in [1.807, 2.05) is 18.2 Å². The third kappa shape index (κ3) is 1.64. The zero-order valence-corrected chi connectivity index (χ0v) is 9.08. The van der Waals surface area contributed by atoms with Crippen molar-refractivity contribution in [1.82, 2.24) is 0 Å². The van der Waals surface area contributed by atoms with Crippen LogP contribution in [0.15, 0.2) is 35.5 Å². The quantitative estimate of drug-likeness (QED) is 0.564. The van der Waals surface area contributed by atoms with E-state index in [1.165, 1.54) is 0 Å². The Morgan fingerprint density at radius 1 is 1.38 bits per heavy atom. The second kappa shape index (κ2) is 3.59. The fraction of sp³-hybridized carbons (Fsp3) is 0.364. The molecule has 84 valence electrons. The van der Waals surface area contributed by atoms with Crippen molar-refractivity contribution in [2.45, 2.75) is 25.5 Å². The molecule has 1 aliphatic rings. The van der Waals surface area contributed by atoms with Gasteiger partial charge in [-0.1, -0.05) is 35.5 Å². The largest absolute Gasteiger partial charge is 0.381 e. The SMILES string of the molecule is CC1(C)ON=C(c2ccccc2)C1[N+](=O)[O-]. The number of benzene rings is 1. The lowest BCUT2D eigenvalue weighted by Crippen LogP contribution is -2.44. The second-order valence-corrected chi connectivity index (χ2v) is 4.23. The first kappa shape index (κ1) is 10.6. The van der Waals surface area contributed by atoms with Crippen molar-refractivity contribution < 1.29 is 9.76 Å². The van der Waals surface area contributed by atoms with Gasteiger partial charge in [0.25, 0.3) is 6.04 Å². The molecule has 16 heavy (non-hydrogen) atoms. The Bertz CT molecular complexity index is 440. The molecule has 0 fully saturated rings. The van der Waals surface area contributed by atoms with Gasteiger partial charge in [-0.15, -0.1) is 0 Å². The fourth-order valence-corrected chi connectivity index (χ4v) is 1.77. The van der Waals surface area contributed by atoms with Crippen LogP contribution in [0.4, 0.5) is 0 Å². The normalized spacial score (nSPS) is 22.4. The van der Waals surface area contributed by atoms with Crippen molar-refractivity contribution in [1.29, 1.82) is 0 Å². The average Bonchev–Trinajstić information content (AvgIpc) is 2.55. The summed E-state index contributed by atoms with van der Waals surface area (Å²) in [6, 6.07) is 8.15. The summed E-state index contributed by atoms with van der Waals surface area (Å²) in [5, 5.41) is 14.9. The van der Waals surface area contributed by atoms with Gasteiger partial charge >= 0.3 is 0 Å². The van der Waals surface area contributed by atoms with Gasteiger partial charge in [-0.2, -0.15) is 0 Å². The van der Waals surface area contributed by atoms with E-state index in [0.29, 0.717) is 5.71 Å². The Kier molecular flexibility index (Phi) is 2.38. The Hall–Kier alpha value is -1.91. The van der Waals surface area contributed by atoms with Gasteiger partial charge in [-0.3, -0.25) is 10.1 Å². The molecule has 0 aromatic heterocycles. The molecule has 0 N–H and O–H groups in total. The van der Waals surface area contributed by atoms with Gasteiger partial charge in [-0.05, 0) is 13.8 Å². The molecule has 1 aromatic rings. The number of hydrogen-bond donors (Lipinski definition) is 0. The van der Waals surface area contributed by atoms with E-state index in [2.05, 4.69) is 5.16 Å². The van der Waals surface area contributed by atoms with Gasteiger partial charge in [0.2, 0.25) is 5.60 Å². The first-order chi connectivity index (χ1) is 7.52. The number of oxime groups is 1. The lowest BCUT2D eigenvalue weighted by atomic mass is 9.92. The maximum absolute atomic E-state index is 11.0. The zero-order chi connectivity index (χ0) is 11.8. The molecule has 2 rings (SSSR count). The molecule has 0 amide bonds. The van der Waals surface area contributed by atoms with Crippen LogP contribution in [0.25, 0.3) is 0 Å². The Labute approximate surface area is 92.9 Å². The lowest BCUT2D eigenvalue weighted by molar-refractivity contribution is -0.519. The number of hydrogen-bond acceptors (Lipinski definition) is 4. The predicted molar refractivity (Wildman–Crippen MR) is 58.9 cm³/mol. The van der Waals surface area contributed by atoms with Crippen LogP contribution in [-0.2, 0) is 4.84 Å². The van der Waals surface area contributed by atoms with Crippen LogP contribution < -0.4 is 0 Å². The summed E-state index contributed by atoms with van der Waals surface area (Å²) in [5.74, 6) is 0. The summed E-state index contributed by atoms with van der Waals surface area (Å²) in [6.07, 6.45) is 0. The van der Waals surface area contributed by atoms with Crippen LogP contribution in [0.5, 0.6) is 0 Å². The third-order valence-corrected chi connectivity index (χ3v) is 2.58. The average molecular weight is 220 g/mol. The van der Waals surface area contributed by atoms with Crippen molar-refractivity contribution in [2.24, 2.45) is 5.16 Å². The van der Waals surface area contributed by atoms with E-state index in [1.54, 1.807) is 26.0 Å². The molecule has 1 atom stereocenters. The molecular formula is C11H12N2O3. The molecule has 1 heterocycles. The van der Waals surface area contributed by atoms with E-state index in [-0.39, 0.29) is 4.92 Å². The standard InChI is InChI=1S/C11H12N2O3/c1-11(2)10(13(14)15)9(12-16-11)8-6-4-3-5-7-8/h3-7,10H,1-2H3. The topological polar surface area (TPSA) is 64.7 Å². The maximum atomic E-state index is 11.0. The monoisotopic (exact) mass is 220 g/mol. The highest BCUT2D eigenvalue weighted by molar-refractivity contribution is 6.04. The molecule has 1 aromatic carbocycles. The van der Waals surface area contributed by atoms with E-state index in [9.17, 15) is 10.1 Å². The summed E-state index contributed by atoms with van der Waals surface area (Å²) < 4.78 is 0. The highest BCUT2D eigenvalue weighted by atomic mass is 16.7. The molecule has 5 nitrogen and oxygen atoms in total. The van der Waals surface area contributed by atoms with Gasteiger partial charge < -0.3 is 4.84 Å². The van der Waals surface area contributed by atoms with Gasteiger partial charge in [-0.25, -0.2) is 0 Å². The molecule has 1 aliphatic heterocycles. The van der Waals surface area contributed by atoms with Crippen molar-refractivity contribution in [2.75, 3.05) is 0 Å². The van der Waals surface area contributed by atoms with Crippen LogP contribution in [0.1, 0.15) is 19.4 Å². The Morgan fingerprint density at radius 2 is 2.00 bits per heavy atom. The highest BCUT2D eigenvalue weighted by Gasteiger charge is 2.51.